The maximum atomic E-state index is 13.4. The van der Waals surface area contributed by atoms with Crippen LogP contribution in [0.15, 0.2) is 58.5 Å². The third-order valence-electron chi connectivity index (χ3n) is 4.74. The summed E-state index contributed by atoms with van der Waals surface area (Å²) in [4.78, 5) is 32.9. The van der Waals surface area contributed by atoms with Crippen LogP contribution in [-0.2, 0) is 15.7 Å². The van der Waals surface area contributed by atoms with E-state index in [-0.39, 0.29) is 16.4 Å². The lowest BCUT2D eigenvalue weighted by Gasteiger charge is -2.16. The van der Waals surface area contributed by atoms with Gasteiger partial charge in [0.15, 0.2) is 5.16 Å². The van der Waals surface area contributed by atoms with Crippen LogP contribution in [-0.4, -0.2) is 32.9 Å². The summed E-state index contributed by atoms with van der Waals surface area (Å²) in [5.74, 6) is -0.547. The van der Waals surface area contributed by atoms with Gasteiger partial charge >= 0.3 is 12.1 Å². The highest BCUT2D eigenvalue weighted by Crippen LogP contribution is 2.32. The number of esters is 1. The monoisotopic (exact) mass is 447 g/mol. The van der Waals surface area contributed by atoms with Crippen molar-refractivity contribution in [3.63, 3.8) is 0 Å². The second-order valence-corrected chi connectivity index (χ2v) is 8.07. The number of aromatic amines is 1. The third kappa shape index (κ3) is 3.78. The fourth-order valence-electron chi connectivity index (χ4n) is 3.24. The van der Waals surface area contributed by atoms with E-state index in [1.807, 2.05) is 0 Å². The number of hydrogen-bond acceptors (Lipinski definition) is 5. The highest BCUT2D eigenvalue weighted by atomic mass is 32.2. The van der Waals surface area contributed by atoms with E-state index >= 15 is 0 Å². The molecule has 2 heterocycles. The smallest absolute Gasteiger partial charge is 0.416 e. The third-order valence-corrected chi connectivity index (χ3v) is 5.77. The molecule has 2 aromatic carbocycles. The number of thioether (sulfide) groups is 1. The molecule has 0 aliphatic carbocycles. The van der Waals surface area contributed by atoms with Crippen LogP contribution >= 0.6 is 11.8 Å². The van der Waals surface area contributed by atoms with Crippen molar-refractivity contribution in [1.82, 2.24) is 14.5 Å². The van der Waals surface area contributed by atoms with Gasteiger partial charge in [-0.2, -0.15) is 13.2 Å². The first-order valence-electron chi connectivity index (χ1n) is 9.16. The normalized spacial score (nSPS) is 12.9. The van der Waals surface area contributed by atoms with Gasteiger partial charge in [0.25, 0.3) is 5.56 Å². The number of carbonyl (C=O) groups is 1. The number of fused-ring (bicyclic) bond motifs is 3. The molecule has 4 aromatic rings. The van der Waals surface area contributed by atoms with Crippen molar-refractivity contribution in [3.8, 4) is 5.69 Å². The van der Waals surface area contributed by atoms with Crippen molar-refractivity contribution >= 4 is 39.7 Å². The standard InChI is InChI=1S/C21H16F3N3O3S/c1-11(19(29)30-2)31-20-26-16-14-8-3-4-9-15(14)25-17(16)18(28)27(20)13-7-5-6-12(10-13)21(22,23)24/h3-11,25H,1-2H3. The molecule has 10 heteroatoms. The molecule has 0 radical (unpaired) electrons. The van der Waals surface area contributed by atoms with Crippen LogP contribution in [0, 0.1) is 0 Å². The number of hydrogen-bond donors (Lipinski definition) is 1. The van der Waals surface area contributed by atoms with Gasteiger partial charge in [-0.25, -0.2) is 4.98 Å². The van der Waals surface area contributed by atoms with E-state index in [0.717, 1.165) is 28.5 Å². The van der Waals surface area contributed by atoms with Gasteiger partial charge < -0.3 is 9.72 Å². The summed E-state index contributed by atoms with van der Waals surface area (Å²) in [5.41, 5.74) is -0.268. The van der Waals surface area contributed by atoms with E-state index in [0.29, 0.717) is 16.4 Å². The lowest BCUT2D eigenvalue weighted by molar-refractivity contribution is -0.139. The molecule has 0 aliphatic rings. The lowest BCUT2D eigenvalue weighted by Crippen LogP contribution is -2.24. The van der Waals surface area contributed by atoms with E-state index in [2.05, 4.69) is 9.97 Å². The Hall–Kier alpha value is -3.27. The SMILES string of the molecule is COC(=O)C(C)Sc1nc2c([nH]c3ccccc32)c(=O)n1-c1cccc(C(F)(F)F)c1. The van der Waals surface area contributed by atoms with Gasteiger partial charge in [-0.15, -0.1) is 0 Å². The van der Waals surface area contributed by atoms with Gasteiger partial charge in [-0.3, -0.25) is 14.2 Å². The Kier molecular flexibility index (Phi) is 5.26. The van der Waals surface area contributed by atoms with E-state index in [9.17, 15) is 22.8 Å². The molecule has 1 N–H and O–H groups in total. The molecule has 1 unspecified atom stereocenters. The van der Waals surface area contributed by atoms with Gasteiger partial charge in [-0.05, 0) is 31.2 Å². The van der Waals surface area contributed by atoms with Crippen LogP contribution in [0.2, 0.25) is 0 Å². The zero-order valence-corrected chi connectivity index (χ0v) is 17.2. The molecular formula is C21H16F3N3O3S. The summed E-state index contributed by atoms with van der Waals surface area (Å²) in [7, 11) is 1.23. The molecule has 31 heavy (non-hydrogen) atoms. The Bertz CT molecular complexity index is 1360. The molecule has 0 spiro atoms. The number of alkyl halides is 3. The number of ether oxygens (including phenoxy) is 1. The fraction of sp³-hybridized carbons (Fsp3) is 0.190. The number of nitrogens with one attached hydrogen (secondary N) is 1. The zero-order chi connectivity index (χ0) is 22.3. The Morgan fingerprint density at radius 2 is 1.94 bits per heavy atom. The first-order valence-corrected chi connectivity index (χ1v) is 10.0. The molecule has 0 saturated heterocycles. The molecule has 0 aliphatic heterocycles. The van der Waals surface area contributed by atoms with Crippen molar-refractivity contribution in [2.24, 2.45) is 0 Å². The van der Waals surface area contributed by atoms with E-state index in [1.54, 1.807) is 31.2 Å². The number of methoxy groups -OCH3 is 1. The first-order chi connectivity index (χ1) is 14.7. The fourth-order valence-corrected chi connectivity index (χ4v) is 4.19. The van der Waals surface area contributed by atoms with Gasteiger partial charge in [0.2, 0.25) is 0 Å². The number of carbonyl (C=O) groups excluding carboxylic acids is 1. The van der Waals surface area contributed by atoms with Crippen LogP contribution < -0.4 is 5.56 Å². The minimum atomic E-state index is -4.58. The predicted octanol–water partition coefficient (Wildman–Crippen LogP) is 4.54. The molecule has 0 fully saturated rings. The molecule has 4 rings (SSSR count). The largest absolute Gasteiger partial charge is 0.468 e. The van der Waals surface area contributed by atoms with Gasteiger partial charge in [0, 0.05) is 10.9 Å². The summed E-state index contributed by atoms with van der Waals surface area (Å²) in [5, 5.41) is 0.0365. The van der Waals surface area contributed by atoms with Crippen molar-refractivity contribution in [2.75, 3.05) is 7.11 Å². The van der Waals surface area contributed by atoms with Crippen molar-refractivity contribution in [3.05, 3.63) is 64.4 Å². The highest BCUT2D eigenvalue weighted by Gasteiger charge is 2.31. The Labute approximate surface area is 178 Å². The van der Waals surface area contributed by atoms with Crippen molar-refractivity contribution in [1.29, 1.82) is 0 Å². The molecule has 6 nitrogen and oxygen atoms in total. The zero-order valence-electron chi connectivity index (χ0n) is 16.4. The Morgan fingerprint density at radius 1 is 1.19 bits per heavy atom. The number of benzene rings is 2. The maximum absolute atomic E-state index is 13.4. The summed E-state index contributed by atoms with van der Waals surface area (Å²) in [6, 6.07) is 11.6. The lowest BCUT2D eigenvalue weighted by atomic mass is 10.2. The molecule has 0 saturated carbocycles. The van der Waals surface area contributed by atoms with Crippen LogP contribution in [0.1, 0.15) is 12.5 Å². The van der Waals surface area contributed by atoms with Crippen LogP contribution in [0.3, 0.4) is 0 Å². The summed E-state index contributed by atoms with van der Waals surface area (Å²) < 4.78 is 45.6. The number of H-pyrrole nitrogens is 1. The van der Waals surface area contributed by atoms with E-state index in [1.165, 1.54) is 19.2 Å². The van der Waals surface area contributed by atoms with Gasteiger partial charge in [-0.1, -0.05) is 36.0 Å². The predicted molar refractivity (Wildman–Crippen MR) is 112 cm³/mol. The molecular weight excluding hydrogens is 431 g/mol. The summed E-state index contributed by atoms with van der Waals surface area (Å²) in [6.07, 6.45) is -4.58. The first kappa shape index (κ1) is 21.0. The highest BCUT2D eigenvalue weighted by molar-refractivity contribution is 8.00. The second-order valence-electron chi connectivity index (χ2n) is 6.76. The number of rotatable bonds is 4. The second kappa shape index (κ2) is 7.77. The van der Waals surface area contributed by atoms with Crippen molar-refractivity contribution in [2.45, 2.75) is 23.5 Å². The average molecular weight is 447 g/mol. The number of para-hydroxylation sites is 1. The molecule has 0 bridgehead atoms. The average Bonchev–Trinajstić information content (AvgIpc) is 3.12. The molecule has 0 amide bonds. The van der Waals surface area contributed by atoms with Crippen molar-refractivity contribution < 1.29 is 22.7 Å². The van der Waals surface area contributed by atoms with Gasteiger partial charge in [0.05, 0.1) is 18.4 Å². The van der Waals surface area contributed by atoms with Crippen LogP contribution in [0.25, 0.3) is 27.6 Å². The summed E-state index contributed by atoms with van der Waals surface area (Å²) in [6.45, 7) is 1.57. The Balaban J connectivity index is 2.01. The molecule has 1 atom stereocenters. The number of halogens is 3. The van der Waals surface area contributed by atoms with Crippen LogP contribution in [0.4, 0.5) is 13.2 Å². The number of aromatic nitrogens is 3. The minimum Gasteiger partial charge on any atom is -0.468 e. The van der Waals surface area contributed by atoms with Gasteiger partial charge in [0.1, 0.15) is 16.3 Å². The maximum Gasteiger partial charge on any atom is 0.416 e. The quantitative estimate of drug-likeness (QED) is 0.282. The summed E-state index contributed by atoms with van der Waals surface area (Å²) >= 11 is 0.934. The van der Waals surface area contributed by atoms with E-state index in [4.69, 9.17) is 4.74 Å². The minimum absolute atomic E-state index is 0.00699. The van der Waals surface area contributed by atoms with Crippen LogP contribution in [0.5, 0.6) is 0 Å². The van der Waals surface area contributed by atoms with E-state index < -0.39 is 28.5 Å². The number of nitrogens with zero attached hydrogens (tertiary/aromatic N) is 2. The Morgan fingerprint density at radius 3 is 2.65 bits per heavy atom. The topological polar surface area (TPSA) is 77.0 Å². The molecule has 2 aromatic heterocycles. The molecule has 160 valence electrons.